The summed E-state index contributed by atoms with van der Waals surface area (Å²) in [6, 6.07) is 4.02. The van der Waals surface area contributed by atoms with Crippen LogP contribution in [0, 0.1) is 5.41 Å². The lowest BCUT2D eigenvalue weighted by atomic mass is 9.79. The molecule has 7 nitrogen and oxygen atoms in total. The molecule has 160 valence electrons. The highest BCUT2D eigenvalue weighted by Crippen LogP contribution is 2.36. The van der Waals surface area contributed by atoms with Gasteiger partial charge in [0.15, 0.2) is 5.96 Å². The number of hydrogen-bond donors (Lipinski definition) is 2. The first kappa shape index (κ1) is 22.1. The first-order valence-electron chi connectivity index (χ1n) is 10.5. The van der Waals surface area contributed by atoms with Gasteiger partial charge in [-0.1, -0.05) is 6.07 Å². The summed E-state index contributed by atoms with van der Waals surface area (Å²) in [5, 5.41) is 6.50. The van der Waals surface area contributed by atoms with Gasteiger partial charge in [0.2, 0.25) is 11.8 Å². The number of guanidine groups is 1. The number of carbonyl (C=O) groups excluding carboxylic acids is 1. The first-order chi connectivity index (χ1) is 13.7. The predicted molar refractivity (Wildman–Crippen MR) is 124 cm³/mol. The summed E-state index contributed by atoms with van der Waals surface area (Å²) in [6.45, 7) is 3.24. The average molecular weight is 513 g/mol. The predicted octanol–water partition coefficient (Wildman–Crippen LogP) is 2.70. The summed E-state index contributed by atoms with van der Waals surface area (Å²) in [7, 11) is 1.82. The topological polar surface area (TPSA) is 78.9 Å². The largest absolute Gasteiger partial charge is 0.474 e. The molecule has 1 amide bonds. The molecule has 1 unspecified atom stereocenters. The summed E-state index contributed by atoms with van der Waals surface area (Å²) < 4.78 is 6.16. The Balaban J connectivity index is 0.00000240. The van der Waals surface area contributed by atoms with E-state index in [1.165, 1.54) is 12.8 Å². The third kappa shape index (κ3) is 5.32. The molecule has 1 aromatic rings. The molecule has 3 heterocycles. The average Bonchev–Trinajstić information content (AvgIpc) is 3.34. The molecular weight excluding hydrogens is 481 g/mol. The second-order valence-corrected chi connectivity index (χ2v) is 8.37. The summed E-state index contributed by atoms with van der Waals surface area (Å²) >= 11 is 0. The summed E-state index contributed by atoms with van der Waals surface area (Å²) in [5.74, 6) is 1.79. The summed E-state index contributed by atoms with van der Waals surface area (Å²) in [4.78, 5) is 23.0. The van der Waals surface area contributed by atoms with Crippen LogP contribution in [0.4, 0.5) is 0 Å². The van der Waals surface area contributed by atoms with Crippen molar-refractivity contribution in [2.75, 3.05) is 26.7 Å². The number of halogens is 1. The van der Waals surface area contributed by atoms with Crippen molar-refractivity contribution in [3.8, 4) is 5.88 Å². The van der Waals surface area contributed by atoms with E-state index in [4.69, 9.17) is 4.74 Å². The minimum atomic E-state index is 0. The van der Waals surface area contributed by atoms with Crippen LogP contribution in [0.15, 0.2) is 23.3 Å². The molecule has 1 spiro atoms. The Bertz CT molecular complexity index is 738. The van der Waals surface area contributed by atoms with Crippen molar-refractivity contribution in [2.45, 2.75) is 57.6 Å². The number of aliphatic imine (C=N–C) groups is 1. The molecule has 0 aromatic carbocycles. The molecule has 29 heavy (non-hydrogen) atoms. The zero-order valence-electron chi connectivity index (χ0n) is 17.2. The Kier molecular flexibility index (Phi) is 7.59. The van der Waals surface area contributed by atoms with E-state index in [0.29, 0.717) is 19.1 Å². The van der Waals surface area contributed by atoms with Gasteiger partial charge in [-0.05, 0) is 44.6 Å². The summed E-state index contributed by atoms with van der Waals surface area (Å²) in [5.41, 5.74) is 1.11. The van der Waals surface area contributed by atoms with E-state index in [2.05, 4.69) is 31.6 Å². The number of pyridine rings is 1. The van der Waals surface area contributed by atoms with Crippen molar-refractivity contribution in [1.29, 1.82) is 0 Å². The number of hydrogen-bond acceptors (Lipinski definition) is 4. The SMILES string of the molecule is CN=C(NCc1cccnc1OC1CCCC1)N1CCCC2(CNC(=O)C2)C1.I. The Morgan fingerprint density at radius 3 is 2.97 bits per heavy atom. The van der Waals surface area contributed by atoms with Crippen LogP contribution in [0.5, 0.6) is 5.88 Å². The normalized spacial score (nSPS) is 25.1. The fourth-order valence-corrected chi connectivity index (χ4v) is 4.76. The van der Waals surface area contributed by atoms with Crippen molar-refractivity contribution in [2.24, 2.45) is 10.4 Å². The molecule has 1 aromatic heterocycles. The number of nitrogens with one attached hydrogen (secondary N) is 2. The van der Waals surface area contributed by atoms with Crippen LogP contribution >= 0.6 is 24.0 Å². The van der Waals surface area contributed by atoms with Crippen LogP contribution in [0.1, 0.15) is 50.5 Å². The molecule has 3 fully saturated rings. The van der Waals surface area contributed by atoms with Crippen molar-refractivity contribution in [1.82, 2.24) is 20.5 Å². The second-order valence-electron chi connectivity index (χ2n) is 8.37. The minimum absolute atomic E-state index is 0. The minimum Gasteiger partial charge on any atom is -0.474 e. The second kappa shape index (κ2) is 9.95. The maximum atomic E-state index is 11.8. The van der Waals surface area contributed by atoms with E-state index in [1.807, 2.05) is 13.1 Å². The molecule has 1 atom stereocenters. The molecule has 2 saturated heterocycles. The fourth-order valence-electron chi connectivity index (χ4n) is 4.76. The van der Waals surface area contributed by atoms with Crippen LogP contribution in [0.2, 0.25) is 0 Å². The van der Waals surface area contributed by atoms with Gasteiger partial charge in [-0.3, -0.25) is 9.79 Å². The number of piperidine rings is 1. The third-order valence-corrected chi connectivity index (χ3v) is 6.24. The fraction of sp³-hybridized carbons (Fsp3) is 0.667. The van der Waals surface area contributed by atoms with E-state index >= 15 is 0 Å². The first-order valence-corrected chi connectivity index (χ1v) is 10.5. The number of ether oxygens (including phenoxy) is 1. The van der Waals surface area contributed by atoms with Gasteiger partial charge in [-0.15, -0.1) is 24.0 Å². The van der Waals surface area contributed by atoms with E-state index in [-0.39, 0.29) is 35.3 Å². The van der Waals surface area contributed by atoms with Gasteiger partial charge < -0.3 is 20.3 Å². The van der Waals surface area contributed by atoms with Crippen molar-refractivity contribution in [3.63, 3.8) is 0 Å². The number of rotatable bonds is 4. The lowest BCUT2D eigenvalue weighted by Crippen LogP contribution is -2.51. The van der Waals surface area contributed by atoms with Crippen LogP contribution in [0.25, 0.3) is 0 Å². The lowest BCUT2D eigenvalue weighted by Gasteiger charge is -2.40. The Hall–Kier alpha value is -1.58. The monoisotopic (exact) mass is 513 g/mol. The number of amides is 1. The number of carbonyl (C=O) groups is 1. The van der Waals surface area contributed by atoms with Crippen molar-refractivity contribution in [3.05, 3.63) is 23.9 Å². The molecule has 1 aliphatic carbocycles. The molecule has 3 aliphatic rings. The zero-order chi connectivity index (χ0) is 19.4. The molecule has 0 bridgehead atoms. The van der Waals surface area contributed by atoms with Gasteiger partial charge >= 0.3 is 0 Å². The zero-order valence-corrected chi connectivity index (χ0v) is 19.5. The van der Waals surface area contributed by atoms with E-state index in [0.717, 1.165) is 62.7 Å². The van der Waals surface area contributed by atoms with E-state index < -0.39 is 0 Å². The maximum absolute atomic E-state index is 11.8. The molecule has 1 saturated carbocycles. The van der Waals surface area contributed by atoms with Crippen LogP contribution < -0.4 is 15.4 Å². The molecule has 2 N–H and O–H groups in total. The van der Waals surface area contributed by atoms with Crippen LogP contribution in [-0.4, -0.2) is 54.5 Å². The molecule has 4 rings (SSSR count). The molecule has 8 heteroatoms. The number of nitrogens with zero attached hydrogens (tertiary/aromatic N) is 3. The highest BCUT2D eigenvalue weighted by molar-refractivity contribution is 14.0. The van der Waals surface area contributed by atoms with Gasteiger partial charge in [-0.2, -0.15) is 0 Å². The maximum Gasteiger partial charge on any atom is 0.220 e. The Morgan fingerprint density at radius 2 is 2.24 bits per heavy atom. The Morgan fingerprint density at radius 1 is 1.41 bits per heavy atom. The van der Waals surface area contributed by atoms with Gasteiger partial charge in [0.25, 0.3) is 0 Å². The standard InChI is InChI=1S/C21H31N5O2.HI/c1-22-20(26-11-5-9-21(15-26)12-18(27)25-14-21)24-13-16-6-4-10-23-19(16)28-17-7-2-3-8-17;/h4,6,10,17H,2-3,5,7-9,11-15H2,1H3,(H,22,24)(H,25,27);1H. The van der Waals surface area contributed by atoms with Gasteiger partial charge in [-0.25, -0.2) is 4.98 Å². The van der Waals surface area contributed by atoms with Crippen molar-refractivity contribution >= 4 is 35.8 Å². The van der Waals surface area contributed by atoms with Crippen LogP contribution in [-0.2, 0) is 11.3 Å². The quantitative estimate of drug-likeness (QED) is 0.368. The smallest absolute Gasteiger partial charge is 0.220 e. The van der Waals surface area contributed by atoms with E-state index in [1.54, 1.807) is 6.20 Å². The number of likely N-dealkylation sites (tertiary alicyclic amines) is 1. The third-order valence-electron chi connectivity index (χ3n) is 6.24. The highest BCUT2D eigenvalue weighted by atomic mass is 127. The van der Waals surface area contributed by atoms with Gasteiger partial charge in [0, 0.05) is 56.8 Å². The number of aromatic nitrogens is 1. The summed E-state index contributed by atoms with van der Waals surface area (Å²) in [6.07, 6.45) is 9.62. The van der Waals surface area contributed by atoms with E-state index in [9.17, 15) is 4.79 Å². The highest BCUT2D eigenvalue weighted by Gasteiger charge is 2.42. The van der Waals surface area contributed by atoms with Crippen LogP contribution in [0.3, 0.4) is 0 Å². The van der Waals surface area contributed by atoms with Gasteiger partial charge in [0.05, 0.1) is 0 Å². The Labute approximate surface area is 190 Å². The van der Waals surface area contributed by atoms with Crippen molar-refractivity contribution < 1.29 is 9.53 Å². The van der Waals surface area contributed by atoms with Gasteiger partial charge in [0.1, 0.15) is 6.10 Å². The molecule has 2 aliphatic heterocycles. The lowest BCUT2D eigenvalue weighted by molar-refractivity contribution is -0.119. The molecular formula is C21H32IN5O2. The molecule has 0 radical (unpaired) electrons.